The van der Waals surface area contributed by atoms with Crippen LogP contribution in [0.1, 0.15) is 6.92 Å². The molecule has 0 amide bonds. The van der Waals surface area contributed by atoms with Gasteiger partial charge in [-0.3, -0.25) is 9.32 Å². The first kappa shape index (κ1) is 10.6. The van der Waals surface area contributed by atoms with E-state index in [1.807, 2.05) is 5.09 Å². The standard InChI is InChI=1S/C4H10NO5P/c1-2-10-11(8,9)5-3-4(6)7/h2-3H2,1H3,(H,6,7)(H2,5,8,9). The van der Waals surface area contributed by atoms with Crippen LogP contribution in [0.5, 0.6) is 0 Å². The minimum atomic E-state index is -3.88. The summed E-state index contributed by atoms with van der Waals surface area (Å²) >= 11 is 0. The lowest BCUT2D eigenvalue weighted by atomic mass is 10.7. The Morgan fingerprint density at radius 1 is 1.73 bits per heavy atom. The molecule has 0 aliphatic carbocycles. The van der Waals surface area contributed by atoms with E-state index in [1.165, 1.54) is 6.92 Å². The molecule has 0 aromatic heterocycles. The summed E-state index contributed by atoms with van der Waals surface area (Å²) in [5, 5.41) is 9.94. The normalized spacial score (nSPS) is 15.8. The molecule has 0 heterocycles. The first-order valence-corrected chi connectivity index (χ1v) is 4.50. The quantitative estimate of drug-likeness (QED) is 0.510. The van der Waals surface area contributed by atoms with E-state index in [9.17, 15) is 9.36 Å². The van der Waals surface area contributed by atoms with E-state index < -0.39 is 20.3 Å². The molecule has 1 atom stereocenters. The van der Waals surface area contributed by atoms with Gasteiger partial charge in [0, 0.05) is 0 Å². The number of rotatable bonds is 5. The van der Waals surface area contributed by atoms with Gasteiger partial charge in [0.1, 0.15) is 6.54 Å². The predicted octanol–water partition coefficient (Wildman–Crippen LogP) is -0.202. The Labute approximate surface area is 63.8 Å². The summed E-state index contributed by atoms with van der Waals surface area (Å²) in [5.74, 6) is -1.21. The van der Waals surface area contributed by atoms with E-state index in [1.54, 1.807) is 0 Å². The Bertz CT molecular complexity index is 181. The molecule has 0 bridgehead atoms. The van der Waals surface area contributed by atoms with Crippen molar-refractivity contribution in [2.75, 3.05) is 13.2 Å². The lowest BCUT2D eigenvalue weighted by Crippen LogP contribution is -2.20. The molecule has 7 heteroatoms. The van der Waals surface area contributed by atoms with Crippen molar-refractivity contribution < 1.29 is 23.9 Å². The molecule has 66 valence electrons. The van der Waals surface area contributed by atoms with Gasteiger partial charge in [-0.1, -0.05) is 0 Å². The third kappa shape index (κ3) is 6.00. The molecule has 0 aromatic rings. The minimum Gasteiger partial charge on any atom is -0.480 e. The van der Waals surface area contributed by atoms with Crippen molar-refractivity contribution in [2.24, 2.45) is 0 Å². The summed E-state index contributed by atoms with van der Waals surface area (Å²) in [6.07, 6.45) is 0. The summed E-state index contributed by atoms with van der Waals surface area (Å²) in [7, 11) is -3.88. The first-order valence-electron chi connectivity index (χ1n) is 2.92. The smallest absolute Gasteiger partial charge is 0.403 e. The van der Waals surface area contributed by atoms with E-state index in [0.29, 0.717) is 0 Å². The second kappa shape index (κ2) is 4.46. The summed E-state index contributed by atoms with van der Waals surface area (Å²) in [6, 6.07) is 0. The molecule has 11 heavy (non-hydrogen) atoms. The van der Waals surface area contributed by atoms with E-state index in [2.05, 4.69) is 4.52 Å². The van der Waals surface area contributed by atoms with Crippen molar-refractivity contribution >= 4 is 13.7 Å². The Kier molecular flexibility index (Phi) is 4.29. The fourth-order valence-electron chi connectivity index (χ4n) is 0.388. The monoisotopic (exact) mass is 183 g/mol. The van der Waals surface area contributed by atoms with E-state index in [4.69, 9.17) is 10.00 Å². The molecule has 0 saturated heterocycles. The molecule has 0 aliphatic rings. The highest BCUT2D eigenvalue weighted by Gasteiger charge is 2.18. The van der Waals surface area contributed by atoms with Crippen molar-refractivity contribution in [1.29, 1.82) is 0 Å². The number of carboxylic acid groups (broad SMARTS) is 1. The number of carboxylic acids is 1. The van der Waals surface area contributed by atoms with Crippen LogP contribution in [0.4, 0.5) is 0 Å². The number of nitrogens with one attached hydrogen (secondary N) is 1. The summed E-state index contributed by atoms with van der Waals surface area (Å²) in [4.78, 5) is 18.6. The van der Waals surface area contributed by atoms with Gasteiger partial charge < -0.3 is 10.00 Å². The Hall–Kier alpha value is -0.420. The van der Waals surface area contributed by atoms with Gasteiger partial charge >= 0.3 is 13.7 Å². The van der Waals surface area contributed by atoms with E-state index >= 15 is 0 Å². The van der Waals surface area contributed by atoms with Gasteiger partial charge in [-0.2, -0.15) is 0 Å². The molecule has 6 nitrogen and oxygen atoms in total. The molecule has 0 aromatic carbocycles. The number of aliphatic carboxylic acids is 1. The Morgan fingerprint density at radius 3 is 2.64 bits per heavy atom. The van der Waals surface area contributed by atoms with Gasteiger partial charge in [-0.25, -0.2) is 9.65 Å². The Morgan fingerprint density at radius 2 is 2.27 bits per heavy atom. The zero-order valence-corrected chi connectivity index (χ0v) is 6.88. The van der Waals surface area contributed by atoms with Gasteiger partial charge in [0.15, 0.2) is 0 Å². The van der Waals surface area contributed by atoms with Gasteiger partial charge in [0.25, 0.3) is 0 Å². The molecule has 0 rings (SSSR count). The topological polar surface area (TPSA) is 95.9 Å². The average molecular weight is 183 g/mol. The first-order chi connectivity index (χ1) is 4.98. The molecular formula is C4H10NO5P. The highest BCUT2D eigenvalue weighted by molar-refractivity contribution is 7.50. The van der Waals surface area contributed by atoms with Crippen LogP contribution in [0.2, 0.25) is 0 Å². The largest absolute Gasteiger partial charge is 0.480 e. The molecule has 0 fully saturated rings. The van der Waals surface area contributed by atoms with Crippen LogP contribution in [0.25, 0.3) is 0 Å². The van der Waals surface area contributed by atoms with Crippen LogP contribution in [-0.4, -0.2) is 29.1 Å². The summed E-state index contributed by atoms with van der Waals surface area (Å²) in [6.45, 7) is 0.999. The van der Waals surface area contributed by atoms with Gasteiger partial charge in [0.2, 0.25) is 0 Å². The van der Waals surface area contributed by atoms with Crippen LogP contribution in [0.15, 0.2) is 0 Å². The third-order valence-electron chi connectivity index (χ3n) is 0.734. The fraction of sp³-hybridized carbons (Fsp3) is 0.750. The zero-order valence-electron chi connectivity index (χ0n) is 5.98. The summed E-state index contributed by atoms with van der Waals surface area (Å²) < 4.78 is 15.0. The van der Waals surface area contributed by atoms with E-state index in [-0.39, 0.29) is 6.61 Å². The maximum Gasteiger partial charge on any atom is 0.403 e. The average Bonchev–Trinajstić information content (AvgIpc) is 1.84. The molecule has 0 saturated carbocycles. The molecule has 1 unspecified atom stereocenters. The second-order valence-electron chi connectivity index (χ2n) is 1.67. The highest BCUT2D eigenvalue weighted by atomic mass is 31.2. The molecule has 3 N–H and O–H groups in total. The second-order valence-corrected chi connectivity index (χ2v) is 3.28. The van der Waals surface area contributed by atoms with Gasteiger partial charge in [0.05, 0.1) is 6.61 Å². The van der Waals surface area contributed by atoms with Crippen molar-refractivity contribution in [3.05, 3.63) is 0 Å². The molecule has 0 spiro atoms. The maximum absolute atomic E-state index is 10.7. The Balaban J connectivity index is 3.73. The van der Waals surface area contributed by atoms with Crippen molar-refractivity contribution in [2.45, 2.75) is 6.92 Å². The lowest BCUT2D eigenvalue weighted by Gasteiger charge is -2.09. The lowest BCUT2D eigenvalue weighted by molar-refractivity contribution is -0.135. The van der Waals surface area contributed by atoms with Crippen molar-refractivity contribution in [1.82, 2.24) is 5.09 Å². The van der Waals surface area contributed by atoms with Gasteiger partial charge in [-0.05, 0) is 6.92 Å². The third-order valence-corrected chi connectivity index (χ3v) is 1.90. The minimum absolute atomic E-state index is 0.0559. The number of hydrogen-bond acceptors (Lipinski definition) is 3. The van der Waals surface area contributed by atoms with Crippen LogP contribution in [-0.2, 0) is 13.9 Å². The predicted molar refractivity (Wildman–Crippen MR) is 37.1 cm³/mol. The molecule has 0 radical (unpaired) electrons. The van der Waals surface area contributed by atoms with Crippen molar-refractivity contribution in [3.63, 3.8) is 0 Å². The van der Waals surface area contributed by atoms with E-state index in [0.717, 1.165) is 0 Å². The van der Waals surface area contributed by atoms with Crippen LogP contribution >= 0.6 is 7.75 Å². The highest BCUT2D eigenvalue weighted by Crippen LogP contribution is 2.35. The fourth-order valence-corrected chi connectivity index (χ4v) is 1.16. The van der Waals surface area contributed by atoms with Crippen LogP contribution in [0.3, 0.4) is 0 Å². The molecular weight excluding hydrogens is 173 g/mol. The SMILES string of the molecule is CCOP(=O)(O)NCC(=O)O. The molecule has 0 aliphatic heterocycles. The number of hydrogen-bond donors (Lipinski definition) is 3. The van der Waals surface area contributed by atoms with Gasteiger partial charge in [-0.15, -0.1) is 0 Å². The number of carbonyl (C=O) groups is 1. The maximum atomic E-state index is 10.7. The summed E-state index contributed by atoms with van der Waals surface area (Å²) in [5.41, 5.74) is 0. The van der Waals surface area contributed by atoms with Crippen molar-refractivity contribution in [3.8, 4) is 0 Å². The zero-order chi connectivity index (χ0) is 8.91. The van der Waals surface area contributed by atoms with Crippen LogP contribution in [0, 0.1) is 0 Å². The van der Waals surface area contributed by atoms with Crippen LogP contribution < -0.4 is 5.09 Å².